The normalized spacial score (nSPS) is 14.4. The summed E-state index contributed by atoms with van der Waals surface area (Å²) in [5, 5.41) is 2.80. The van der Waals surface area contributed by atoms with E-state index in [-0.39, 0.29) is 30.3 Å². The molecule has 0 saturated heterocycles. The van der Waals surface area contributed by atoms with E-state index in [9.17, 15) is 22.4 Å². The fraction of sp³-hybridized carbons (Fsp3) is 0.257. The number of esters is 1. The number of hydrogen-bond acceptors (Lipinski definition) is 7. The average molecular weight is 647 g/mol. The Balaban J connectivity index is 1.29. The van der Waals surface area contributed by atoms with E-state index in [2.05, 4.69) is 5.32 Å². The van der Waals surface area contributed by atoms with E-state index in [4.69, 9.17) is 14.2 Å². The van der Waals surface area contributed by atoms with Crippen molar-refractivity contribution in [3.05, 3.63) is 108 Å². The first-order valence-corrected chi connectivity index (χ1v) is 16.1. The van der Waals surface area contributed by atoms with E-state index >= 15 is 0 Å². The van der Waals surface area contributed by atoms with Gasteiger partial charge in [0.25, 0.3) is 10.0 Å². The minimum Gasteiger partial charge on any atom is -0.496 e. The van der Waals surface area contributed by atoms with Gasteiger partial charge in [0.1, 0.15) is 35.6 Å². The predicted octanol–water partition coefficient (Wildman–Crippen LogP) is 5.77. The Morgan fingerprint density at radius 2 is 1.54 bits per heavy atom. The molecule has 1 heterocycles. The number of sulfonamides is 1. The van der Waals surface area contributed by atoms with Crippen LogP contribution in [0, 0.1) is 5.82 Å². The molecule has 9 nitrogen and oxygen atoms in total. The van der Waals surface area contributed by atoms with Gasteiger partial charge in [0.15, 0.2) is 0 Å². The van der Waals surface area contributed by atoms with Crippen LogP contribution in [0.2, 0.25) is 0 Å². The van der Waals surface area contributed by atoms with Crippen LogP contribution in [0.25, 0.3) is 11.1 Å². The second kappa shape index (κ2) is 13.2. The monoisotopic (exact) mass is 646 g/mol. The number of benzene rings is 4. The first-order valence-electron chi connectivity index (χ1n) is 14.7. The van der Waals surface area contributed by atoms with E-state index in [0.717, 1.165) is 15.4 Å². The summed E-state index contributed by atoms with van der Waals surface area (Å²) >= 11 is 0. The predicted molar refractivity (Wildman–Crippen MR) is 172 cm³/mol. The van der Waals surface area contributed by atoms with Gasteiger partial charge in [0.05, 0.1) is 29.8 Å². The SMILES string of the molecule is COc1cccc2c1CC(C(=O)NCCOc1ccc(C(=O)OC(C)(C)C)cc1)N2S(=O)(=O)c1ccc(-c2ccc(F)cc2)cc1. The molecule has 0 bridgehead atoms. The molecule has 0 spiro atoms. The van der Waals surface area contributed by atoms with Crippen LogP contribution in [0.15, 0.2) is 95.9 Å². The molecule has 0 radical (unpaired) electrons. The number of halogens is 1. The number of anilines is 1. The Hall–Kier alpha value is -4.90. The zero-order chi connectivity index (χ0) is 33.1. The molecule has 4 aromatic rings. The fourth-order valence-corrected chi connectivity index (χ4v) is 6.80. The summed E-state index contributed by atoms with van der Waals surface area (Å²) in [6.07, 6.45) is 0.116. The summed E-state index contributed by atoms with van der Waals surface area (Å²) in [4.78, 5) is 25.8. The largest absolute Gasteiger partial charge is 0.496 e. The number of nitrogens with zero attached hydrogens (tertiary/aromatic N) is 1. The van der Waals surface area contributed by atoms with Gasteiger partial charge in [0.2, 0.25) is 5.91 Å². The third kappa shape index (κ3) is 7.15. The summed E-state index contributed by atoms with van der Waals surface area (Å²) in [5.74, 6) is -0.320. The molecule has 240 valence electrons. The maximum Gasteiger partial charge on any atom is 0.338 e. The number of methoxy groups -OCH3 is 1. The highest BCUT2D eigenvalue weighted by Gasteiger charge is 2.43. The zero-order valence-electron chi connectivity index (χ0n) is 26.0. The van der Waals surface area contributed by atoms with Gasteiger partial charge in [-0.05, 0) is 92.6 Å². The van der Waals surface area contributed by atoms with Crippen LogP contribution in [0.4, 0.5) is 10.1 Å². The zero-order valence-corrected chi connectivity index (χ0v) is 26.8. The number of nitrogens with one attached hydrogen (secondary N) is 1. The summed E-state index contributed by atoms with van der Waals surface area (Å²) < 4.78 is 59.3. The average Bonchev–Trinajstić information content (AvgIpc) is 3.44. The second-order valence-corrected chi connectivity index (χ2v) is 13.5. The molecule has 1 unspecified atom stereocenters. The molecule has 11 heteroatoms. The van der Waals surface area contributed by atoms with Crippen LogP contribution >= 0.6 is 0 Å². The molecule has 1 atom stereocenters. The lowest BCUT2D eigenvalue weighted by Crippen LogP contribution is -2.48. The first-order chi connectivity index (χ1) is 21.9. The highest BCUT2D eigenvalue weighted by Crippen LogP contribution is 2.41. The van der Waals surface area contributed by atoms with Gasteiger partial charge in [-0.3, -0.25) is 9.10 Å². The number of fused-ring (bicyclic) bond motifs is 1. The van der Waals surface area contributed by atoms with Crippen molar-refractivity contribution in [1.82, 2.24) is 5.32 Å². The van der Waals surface area contributed by atoms with Crippen LogP contribution in [0.1, 0.15) is 36.7 Å². The lowest BCUT2D eigenvalue weighted by Gasteiger charge is -2.26. The number of carbonyl (C=O) groups excluding carboxylic acids is 2. The third-order valence-corrected chi connectivity index (χ3v) is 9.13. The van der Waals surface area contributed by atoms with Crippen LogP contribution in [-0.4, -0.2) is 52.2 Å². The van der Waals surface area contributed by atoms with Crippen molar-refractivity contribution in [2.45, 2.75) is 43.7 Å². The van der Waals surface area contributed by atoms with Crippen molar-refractivity contribution < 1.29 is 36.6 Å². The number of amides is 1. The van der Waals surface area contributed by atoms with E-state index < -0.39 is 33.5 Å². The van der Waals surface area contributed by atoms with Crippen molar-refractivity contribution in [2.75, 3.05) is 24.6 Å². The highest BCUT2D eigenvalue weighted by atomic mass is 32.2. The van der Waals surface area contributed by atoms with Crippen LogP contribution in [0.3, 0.4) is 0 Å². The first kappa shape index (κ1) is 32.5. The van der Waals surface area contributed by atoms with Crippen molar-refractivity contribution in [3.8, 4) is 22.6 Å². The van der Waals surface area contributed by atoms with E-state index in [1.807, 2.05) is 0 Å². The van der Waals surface area contributed by atoms with Crippen molar-refractivity contribution >= 4 is 27.6 Å². The van der Waals surface area contributed by atoms with Crippen molar-refractivity contribution in [1.29, 1.82) is 0 Å². The third-order valence-electron chi connectivity index (χ3n) is 7.30. The van der Waals surface area contributed by atoms with Crippen LogP contribution in [-0.2, 0) is 26.0 Å². The Bertz CT molecular complexity index is 1820. The van der Waals surface area contributed by atoms with Gasteiger partial charge in [-0.1, -0.05) is 30.3 Å². The Morgan fingerprint density at radius 3 is 2.15 bits per heavy atom. The molecule has 1 aliphatic rings. The minimum atomic E-state index is -4.19. The molecule has 46 heavy (non-hydrogen) atoms. The van der Waals surface area contributed by atoms with E-state index in [0.29, 0.717) is 28.3 Å². The lowest BCUT2D eigenvalue weighted by atomic mass is 10.1. The maximum absolute atomic E-state index is 14.1. The molecule has 4 aromatic carbocycles. The molecule has 0 fully saturated rings. The molecule has 0 saturated carbocycles. The molecule has 5 rings (SSSR count). The Kier molecular flexibility index (Phi) is 9.34. The molecule has 0 aliphatic carbocycles. The van der Waals surface area contributed by atoms with E-state index in [1.165, 1.54) is 31.4 Å². The van der Waals surface area contributed by atoms with Gasteiger partial charge in [-0.2, -0.15) is 0 Å². The maximum atomic E-state index is 14.1. The highest BCUT2D eigenvalue weighted by molar-refractivity contribution is 7.93. The lowest BCUT2D eigenvalue weighted by molar-refractivity contribution is -0.122. The number of carbonyl (C=O) groups is 2. The van der Waals surface area contributed by atoms with Crippen LogP contribution < -0.4 is 19.1 Å². The Morgan fingerprint density at radius 1 is 0.913 bits per heavy atom. The number of rotatable bonds is 10. The molecular formula is C35H35FN2O7S. The molecular weight excluding hydrogens is 611 g/mol. The summed E-state index contributed by atoms with van der Waals surface area (Å²) in [7, 11) is -2.69. The summed E-state index contributed by atoms with van der Waals surface area (Å²) in [6.45, 7) is 5.59. The van der Waals surface area contributed by atoms with Crippen molar-refractivity contribution in [3.63, 3.8) is 0 Å². The van der Waals surface area contributed by atoms with E-state index in [1.54, 1.807) is 87.5 Å². The topological polar surface area (TPSA) is 111 Å². The van der Waals surface area contributed by atoms with Crippen LogP contribution in [0.5, 0.6) is 11.5 Å². The van der Waals surface area contributed by atoms with Gasteiger partial charge < -0.3 is 19.5 Å². The fourth-order valence-electron chi connectivity index (χ4n) is 5.16. The van der Waals surface area contributed by atoms with Gasteiger partial charge in [0, 0.05) is 12.0 Å². The molecule has 1 amide bonds. The quantitative estimate of drug-likeness (QED) is 0.172. The smallest absolute Gasteiger partial charge is 0.338 e. The molecule has 1 aliphatic heterocycles. The summed E-state index contributed by atoms with van der Waals surface area (Å²) in [5.41, 5.74) is 2.21. The molecule has 1 N–H and O–H groups in total. The molecule has 0 aromatic heterocycles. The van der Waals surface area contributed by atoms with Gasteiger partial charge in [-0.15, -0.1) is 0 Å². The van der Waals surface area contributed by atoms with Crippen molar-refractivity contribution in [2.24, 2.45) is 0 Å². The van der Waals surface area contributed by atoms with Gasteiger partial charge in [-0.25, -0.2) is 17.6 Å². The Labute approximate surface area is 268 Å². The second-order valence-electron chi connectivity index (χ2n) is 11.7. The number of ether oxygens (including phenoxy) is 3. The van der Waals surface area contributed by atoms with Gasteiger partial charge >= 0.3 is 5.97 Å². The standard InChI is InChI=1S/C35H35FN2O7S/c1-35(2,3)45-34(40)25-10-16-27(17-11-25)44-21-20-37-33(39)31-22-29-30(6-5-7-32(29)43-4)38(31)46(41,42)28-18-12-24(13-19-28)23-8-14-26(36)15-9-23/h5-19,31H,20-22H2,1-4H3,(H,37,39). The number of hydrogen-bond donors (Lipinski definition) is 1. The minimum absolute atomic E-state index is 0.00462. The summed E-state index contributed by atoms with van der Waals surface area (Å²) in [6, 6.07) is 22.6.